The highest BCUT2D eigenvalue weighted by molar-refractivity contribution is 5.90. The smallest absolute Gasteiger partial charge is 0.193 e. The second kappa shape index (κ2) is 9.11. The average Bonchev–Trinajstić information content (AvgIpc) is 3.19. The van der Waals surface area contributed by atoms with Gasteiger partial charge in [0.15, 0.2) is 16.6 Å². The number of carbonyl (C=O) groups is 1. The summed E-state index contributed by atoms with van der Waals surface area (Å²) in [5.41, 5.74) is -0.617. The van der Waals surface area contributed by atoms with Gasteiger partial charge in [-0.15, -0.1) is 0 Å². The number of rotatable bonds is 2. The van der Waals surface area contributed by atoms with E-state index in [0.717, 1.165) is 17.6 Å². The number of allylic oxidation sites excluding steroid dienone is 7. The fraction of sp³-hybridized carbons (Fsp3) is 0.567. The van der Waals surface area contributed by atoms with Gasteiger partial charge in [-0.3, -0.25) is 4.79 Å². The maximum atomic E-state index is 13.7. The molecule has 0 amide bonds. The molecule has 7 nitrogen and oxygen atoms in total. The summed E-state index contributed by atoms with van der Waals surface area (Å²) in [6.07, 6.45) is 12.2. The predicted octanol–water partition coefficient (Wildman–Crippen LogP) is 5.26. The Bertz CT molecular complexity index is 1290. The lowest BCUT2D eigenvalue weighted by molar-refractivity contribution is -0.143. The lowest BCUT2D eigenvalue weighted by Gasteiger charge is -2.45. The number of Topliss-reactive ketones (excluding diaryl/α,β-unsaturated/α-hetero) is 1. The van der Waals surface area contributed by atoms with Gasteiger partial charge in [-0.05, 0) is 50.5 Å². The number of ketones is 1. The minimum absolute atomic E-state index is 0.0357. The second-order valence-corrected chi connectivity index (χ2v) is 11.0. The van der Waals surface area contributed by atoms with Crippen LogP contribution in [0.15, 0.2) is 46.6 Å². The van der Waals surface area contributed by atoms with Gasteiger partial charge in [0.2, 0.25) is 0 Å². The molecule has 0 radical (unpaired) electrons. The van der Waals surface area contributed by atoms with Crippen LogP contribution < -0.4 is 0 Å². The van der Waals surface area contributed by atoms with E-state index in [4.69, 9.17) is 9.47 Å². The van der Waals surface area contributed by atoms with Gasteiger partial charge < -0.3 is 9.47 Å². The maximum absolute atomic E-state index is 13.7. The summed E-state index contributed by atoms with van der Waals surface area (Å²) in [6.45, 7) is 2.68. The first-order valence-electron chi connectivity index (χ1n) is 13.1. The predicted molar refractivity (Wildman–Crippen MR) is 132 cm³/mol. The van der Waals surface area contributed by atoms with Crippen LogP contribution in [-0.2, 0) is 14.3 Å². The normalized spacial score (nSPS) is 31.3. The van der Waals surface area contributed by atoms with Crippen molar-refractivity contribution in [3.63, 3.8) is 0 Å². The fourth-order valence-electron chi connectivity index (χ4n) is 7.41. The van der Waals surface area contributed by atoms with E-state index in [9.17, 15) is 25.8 Å². The SMILES string of the molecule is CC1(CC2C=CCC(C#N)(C#N)C3=C2CCCC32OCCO2)C(=O)CCC2=C1C(C#N)(C#N)CC=CC2. The van der Waals surface area contributed by atoms with Crippen molar-refractivity contribution in [1.82, 2.24) is 0 Å². The van der Waals surface area contributed by atoms with Gasteiger partial charge in [-0.1, -0.05) is 35.5 Å². The van der Waals surface area contributed by atoms with Crippen LogP contribution in [0.5, 0.6) is 0 Å². The van der Waals surface area contributed by atoms with Crippen molar-refractivity contribution in [2.45, 2.75) is 70.5 Å². The molecule has 2 unspecified atom stereocenters. The Morgan fingerprint density at radius 3 is 2.22 bits per heavy atom. The third-order valence-corrected chi connectivity index (χ3v) is 9.02. The van der Waals surface area contributed by atoms with Gasteiger partial charge >= 0.3 is 0 Å². The number of hydrogen-bond acceptors (Lipinski definition) is 7. The van der Waals surface area contributed by atoms with Crippen LogP contribution in [0.1, 0.15) is 64.7 Å². The zero-order chi connectivity index (χ0) is 26.3. The lowest BCUT2D eigenvalue weighted by Crippen LogP contribution is -2.45. The van der Waals surface area contributed by atoms with E-state index in [0.29, 0.717) is 62.9 Å². The Morgan fingerprint density at radius 2 is 1.54 bits per heavy atom. The molecule has 1 saturated heterocycles. The van der Waals surface area contributed by atoms with Crippen LogP contribution in [0.2, 0.25) is 0 Å². The molecule has 0 bridgehead atoms. The number of hydrogen-bond donors (Lipinski definition) is 0. The highest BCUT2D eigenvalue weighted by Gasteiger charge is 2.57. The van der Waals surface area contributed by atoms with Crippen molar-refractivity contribution in [1.29, 1.82) is 21.0 Å². The Morgan fingerprint density at radius 1 is 0.892 bits per heavy atom. The van der Waals surface area contributed by atoms with Crippen molar-refractivity contribution in [3.05, 3.63) is 46.6 Å². The van der Waals surface area contributed by atoms with Crippen LogP contribution >= 0.6 is 0 Å². The highest BCUT2D eigenvalue weighted by Crippen LogP contribution is 2.57. The molecule has 5 rings (SSSR count). The van der Waals surface area contributed by atoms with Gasteiger partial charge in [-0.2, -0.15) is 21.0 Å². The molecule has 2 atom stereocenters. The van der Waals surface area contributed by atoms with E-state index in [-0.39, 0.29) is 24.5 Å². The molecular weight excluding hydrogens is 464 g/mol. The van der Waals surface area contributed by atoms with Gasteiger partial charge in [0, 0.05) is 31.3 Å². The number of nitriles is 4. The largest absolute Gasteiger partial charge is 0.344 e. The monoisotopic (exact) mass is 494 g/mol. The van der Waals surface area contributed by atoms with E-state index in [2.05, 4.69) is 24.3 Å². The summed E-state index contributed by atoms with van der Waals surface area (Å²) < 4.78 is 12.3. The van der Waals surface area contributed by atoms with E-state index in [1.165, 1.54) is 0 Å². The third kappa shape index (κ3) is 3.61. The zero-order valence-corrected chi connectivity index (χ0v) is 21.2. The summed E-state index contributed by atoms with van der Waals surface area (Å²) >= 11 is 0. The third-order valence-electron chi connectivity index (χ3n) is 9.02. The minimum Gasteiger partial charge on any atom is -0.344 e. The fourth-order valence-corrected chi connectivity index (χ4v) is 7.41. The summed E-state index contributed by atoms with van der Waals surface area (Å²) in [7, 11) is 0. The van der Waals surface area contributed by atoms with Crippen LogP contribution in [0.4, 0.5) is 0 Å². The Hall–Kier alpha value is -3.49. The molecule has 1 aliphatic heterocycles. The molecule has 5 aliphatic rings. The van der Waals surface area contributed by atoms with Crippen LogP contribution in [-0.4, -0.2) is 24.8 Å². The van der Waals surface area contributed by atoms with Crippen molar-refractivity contribution in [3.8, 4) is 24.3 Å². The second-order valence-electron chi connectivity index (χ2n) is 11.0. The number of nitrogens with zero attached hydrogens (tertiary/aromatic N) is 4. The topological polar surface area (TPSA) is 131 Å². The standard InChI is InChI=1S/C30H30N4O3/c1-27(24(35)10-9-21-6-2-3-11-28(17-31,18-32)25(21)27)16-22-7-4-12-29(19-33,20-34)26-23(22)8-5-13-30(26)36-14-15-37-30/h2-4,7,22H,5-6,8-16H2,1H3. The van der Waals surface area contributed by atoms with Gasteiger partial charge in [-0.25, -0.2) is 0 Å². The molecule has 0 aromatic rings. The maximum Gasteiger partial charge on any atom is 0.193 e. The van der Waals surface area contributed by atoms with E-state index in [1.807, 2.05) is 31.2 Å². The molecule has 0 aromatic carbocycles. The van der Waals surface area contributed by atoms with Crippen LogP contribution in [0.25, 0.3) is 0 Å². The lowest BCUT2D eigenvalue weighted by atomic mass is 9.56. The molecule has 1 fully saturated rings. The summed E-state index contributed by atoms with van der Waals surface area (Å²) in [6, 6.07) is 9.13. The van der Waals surface area contributed by atoms with E-state index in [1.54, 1.807) is 0 Å². The summed E-state index contributed by atoms with van der Waals surface area (Å²) in [5.74, 6) is -1.32. The minimum atomic E-state index is -1.41. The number of carbonyl (C=O) groups excluding carboxylic acids is 1. The quantitative estimate of drug-likeness (QED) is 0.478. The summed E-state index contributed by atoms with van der Waals surface area (Å²) in [5, 5.41) is 41.1. The molecule has 1 spiro atoms. The Labute approximate surface area is 217 Å². The first-order valence-corrected chi connectivity index (χ1v) is 13.1. The molecule has 188 valence electrons. The van der Waals surface area contributed by atoms with Crippen molar-refractivity contribution < 1.29 is 14.3 Å². The van der Waals surface area contributed by atoms with E-state index >= 15 is 0 Å². The van der Waals surface area contributed by atoms with Crippen molar-refractivity contribution in [2.75, 3.05) is 13.2 Å². The average molecular weight is 495 g/mol. The Balaban J connectivity index is 1.68. The van der Waals surface area contributed by atoms with Crippen molar-refractivity contribution in [2.24, 2.45) is 22.2 Å². The number of ether oxygens (including phenoxy) is 2. The molecule has 0 aromatic heterocycles. The van der Waals surface area contributed by atoms with Gasteiger partial charge in [0.1, 0.15) is 5.78 Å². The molecule has 1 heterocycles. The van der Waals surface area contributed by atoms with Crippen LogP contribution in [0.3, 0.4) is 0 Å². The molecule has 7 heteroatoms. The molecule has 0 N–H and O–H groups in total. The molecule has 0 saturated carbocycles. The molecular formula is C30H30N4O3. The van der Waals surface area contributed by atoms with Crippen LogP contribution in [0, 0.1) is 67.5 Å². The summed E-state index contributed by atoms with van der Waals surface area (Å²) in [4.78, 5) is 13.7. The number of fused-ring (bicyclic) bond motifs is 1. The van der Waals surface area contributed by atoms with Crippen molar-refractivity contribution >= 4 is 5.78 Å². The van der Waals surface area contributed by atoms with Gasteiger partial charge in [0.25, 0.3) is 0 Å². The zero-order valence-electron chi connectivity index (χ0n) is 21.2. The van der Waals surface area contributed by atoms with Gasteiger partial charge in [0.05, 0.1) is 42.9 Å². The molecule has 37 heavy (non-hydrogen) atoms. The first-order chi connectivity index (χ1) is 17.8. The first kappa shape index (κ1) is 25.2. The Kier molecular flexibility index (Phi) is 6.20. The molecule has 4 aliphatic carbocycles. The van der Waals surface area contributed by atoms with E-state index < -0.39 is 22.0 Å². The highest BCUT2D eigenvalue weighted by atomic mass is 16.7.